The lowest BCUT2D eigenvalue weighted by Crippen LogP contribution is -2.48. The first-order chi connectivity index (χ1) is 11.2. The smallest absolute Gasteiger partial charge is 0.234 e. The molecule has 0 spiro atoms. The highest BCUT2D eigenvalue weighted by Gasteiger charge is 2.21. The van der Waals surface area contributed by atoms with E-state index in [-0.39, 0.29) is 11.9 Å². The molecule has 3 heterocycles. The van der Waals surface area contributed by atoms with Crippen LogP contribution in [0.4, 0.5) is 0 Å². The standard InChI is InChI=1S/C16H22N4OS2/c1-19-5-7-20(8-6-19)12-15(21)18-14(16-17-4-10-23-16)11-13-3-2-9-22-13/h2-4,9-10,14H,5-8,11-12H2,1H3,(H,18,21). The van der Waals surface area contributed by atoms with Gasteiger partial charge in [-0.2, -0.15) is 0 Å². The monoisotopic (exact) mass is 350 g/mol. The third-order valence-electron chi connectivity index (χ3n) is 4.03. The van der Waals surface area contributed by atoms with Gasteiger partial charge in [-0.15, -0.1) is 22.7 Å². The molecule has 0 aromatic carbocycles. The highest BCUT2D eigenvalue weighted by Crippen LogP contribution is 2.23. The molecule has 0 bridgehead atoms. The molecule has 3 rings (SSSR count). The molecule has 0 saturated carbocycles. The molecule has 1 amide bonds. The molecule has 2 aromatic rings. The van der Waals surface area contributed by atoms with E-state index in [0.717, 1.165) is 37.6 Å². The Hall–Kier alpha value is -1.28. The molecule has 0 radical (unpaired) electrons. The zero-order chi connectivity index (χ0) is 16.1. The number of piperazine rings is 1. The van der Waals surface area contributed by atoms with Gasteiger partial charge in [-0.05, 0) is 18.5 Å². The lowest BCUT2D eigenvalue weighted by atomic mass is 10.2. The number of hydrogen-bond donors (Lipinski definition) is 1. The van der Waals surface area contributed by atoms with E-state index in [2.05, 4.69) is 38.6 Å². The molecular formula is C16H22N4OS2. The highest BCUT2D eigenvalue weighted by atomic mass is 32.1. The van der Waals surface area contributed by atoms with Crippen molar-refractivity contribution < 1.29 is 4.79 Å². The Labute approximate surface area is 144 Å². The molecule has 124 valence electrons. The highest BCUT2D eigenvalue weighted by molar-refractivity contribution is 7.10. The summed E-state index contributed by atoms with van der Waals surface area (Å²) in [5.74, 6) is 0.0892. The van der Waals surface area contributed by atoms with Crippen LogP contribution in [0.1, 0.15) is 15.9 Å². The number of carbonyl (C=O) groups is 1. The van der Waals surface area contributed by atoms with Crippen LogP contribution in [0, 0.1) is 0 Å². The van der Waals surface area contributed by atoms with Crippen LogP contribution in [0.2, 0.25) is 0 Å². The molecule has 1 fully saturated rings. The number of amides is 1. The second-order valence-corrected chi connectivity index (χ2v) is 7.81. The van der Waals surface area contributed by atoms with E-state index in [1.165, 1.54) is 4.88 Å². The van der Waals surface area contributed by atoms with Crippen molar-refractivity contribution in [1.29, 1.82) is 0 Å². The number of carbonyl (C=O) groups excluding carboxylic acids is 1. The average Bonchev–Trinajstić information content (AvgIpc) is 3.22. The number of aromatic nitrogens is 1. The van der Waals surface area contributed by atoms with E-state index >= 15 is 0 Å². The van der Waals surface area contributed by atoms with Gasteiger partial charge in [0, 0.05) is 49.1 Å². The van der Waals surface area contributed by atoms with E-state index in [9.17, 15) is 4.79 Å². The van der Waals surface area contributed by atoms with Crippen LogP contribution >= 0.6 is 22.7 Å². The van der Waals surface area contributed by atoms with Crippen LogP contribution < -0.4 is 5.32 Å². The minimum absolute atomic E-state index is 0.0337. The van der Waals surface area contributed by atoms with Gasteiger partial charge in [0.15, 0.2) is 0 Å². The predicted molar refractivity (Wildman–Crippen MR) is 95.0 cm³/mol. The maximum absolute atomic E-state index is 12.4. The fourth-order valence-corrected chi connectivity index (χ4v) is 4.13. The van der Waals surface area contributed by atoms with Gasteiger partial charge in [0.25, 0.3) is 0 Å². The van der Waals surface area contributed by atoms with Gasteiger partial charge in [0.05, 0.1) is 12.6 Å². The van der Waals surface area contributed by atoms with Crippen molar-refractivity contribution in [1.82, 2.24) is 20.1 Å². The van der Waals surface area contributed by atoms with Crippen molar-refractivity contribution in [3.63, 3.8) is 0 Å². The summed E-state index contributed by atoms with van der Waals surface area (Å²) in [6.07, 6.45) is 2.60. The van der Waals surface area contributed by atoms with E-state index in [4.69, 9.17) is 0 Å². The maximum atomic E-state index is 12.4. The molecule has 1 unspecified atom stereocenters. The third-order valence-corrected chi connectivity index (χ3v) is 5.82. The normalized spacial score (nSPS) is 18.0. The van der Waals surface area contributed by atoms with Crippen molar-refractivity contribution in [2.45, 2.75) is 12.5 Å². The predicted octanol–water partition coefficient (Wildman–Crippen LogP) is 1.85. The topological polar surface area (TPSA) is 48.5 Å². The van der Waals surface area contributed by atoms with Gasteiger partial charge < -0.3 is 10.2 Å². The fraction of sp³-hybridized carbons (Fsp3) is 0.500. The quantitative estimate of drug-likeness (QED) is 0.864. The average molecular weight is 351 g/mol. The van der Waals surface area contributed by atoms with Gasteiger partial charge >= 0.3 is 0 Å². The van der Waals surface area contributed by atoms with Gasteiger partial charge in [-0.3, -0.25) is 9.69 Å². The summed E-state index contributed by atoms with van der Waals surface area (Å²) in [5.41, 5.74) is 0. The summed E-state index contributed by atoms with van der Waals surface area (Å²) in [5, 5.41) is 8.18. The largest absolute Gasteiger partial charge is 0.345 e. The van der Waals surface area contributed by atoms with Crippen molar-refractivity contribution >= 4 is 28.6 Å². The molecule has 1 saturated heterocycles. The minimum atomic E-state index is -0.0337. The molecule has 5 nitrogen and oxygen atoms in total. The van der Waals surface area contributed by atoms with E-state index in [1.807, 2.05) is 11.4 Å². The minimum Gasteiger partial charge on any atom is -0.345 e. The molecule has 2 aromatic heterocycles. The Morgan fingerprint density at radius 2 is 2.13 bits per heavy atom. The lowest BCUT2D eigenvalue weighted by Gasteiger charge is -2.32. The summed E-state index contributed by atoms with van der Waals surface area (Å²) < 4.78 is 0. The van der Waals surface area contributed by atoms with Gasteiger partial charge in [-0.1, -0.05) is 6.07 Å². The van der Waals surface area contributed by atoms with Crippen LogP contribution in [0.15, 0.2) is 29.1 Å². The maximum Gasteiger partial charge on any atom is 0.234 e. The molecular weight excluding hydrogens is 328 g/mol. The van der Waals surface area contributed by atoms with E-state index in [1.54, 1.807) is 28.9 Å². The number of rotatable bonds is 6. The third kappa shape index (κ3) is 4.84. The molecule has 0 aliphatic carbocycles. The summed E-state index contributed by atoms with van der Waals surface area (Å²) in [6.45, 7) is 4.43. The molecule has 1 atom stereocenters. The van der Waals surface area contributed by atoms with Crippen molar-refractivity contribution in [3.8, 4) is 0 Å². The summed E-state index contributed by atoms with van der Waals surface area (Å²) in [6, 6.07) is 4.12. The molecule has 7 heteroatoms. The van der Waals surface area contributed by atoms with Gasteiger partial charge in [-0.25, -0.2) is 4.98 Å². The zero-order valence-electron chi connectivity index (χ0n) is 13.3. The fourth-order valence-electron chi connectivity index (χ4n) is 2.69. The van der Waals surface area contributed by atoms with Gasteiger partial charge in [0.1, 0.15) is 5.01 Å². The molecule has 23 heavy (non-hydrogen) atoms. The summed E-state index contributed by atoms with van der Waals surface area (Å²) >= 11 is 3.32. The summed E-state index contributed by atoms with van der Waals surface area (Å²) in [7, 11) is 2.12. The van der Waals surface area contributed by atoms with Crippen LogP contribution in [-0.2, 0) is 11.2 Å². The number of nitrogens with one attached hydrogen (secondary N) is 1. The molecule has 1 aliphatic rings. The summed E-state index contributed by atoms with van der Waals surface area (Å²) in [4.78, 5) is 22.6. The number of hydrogen-bond acceptors (Lipinski definition) is 6. The first-order valence-electron chi connectivity index (χ1n) is 7.83. The SMILES string of the molecule is CN1CCN(CC(=O)NC(Cc2cccs2)c2nccs2)CC1. The molecule has 1 aliphatic heterocycles. The second-order valence-electron chi connectivity index (χ2n) is 5.85. The molecule has 1 N–H and O–H groups in total. The Morgan fingerprint density at radius 1 is 1.30 bits per heavy atom. The number of nitrogens with zero attached hydrogens (tertiary/aromatic N) is 3. The van der Waals surface area contributed by atoms with Crippen LogP contribution in [0.5, 0.6) is 0 Å². The number of thiophene rings is 1. The Morgan fingerprint density at radius 3 is 2.78 bits per heavy atom. The second kappa shape index (κ2) is 8.01. The first-order valence-corrected chi connectivity index (χ1v) is 9.58. The van der Waals surface area contributed by atoms with Crippen molar-refractivity contribution in [2.75, 3.05) is 39.8 Å². The number of thiazole rings is 1. The zero-order valence-corrected chi connectivity index (χ0v) is 14.9. The Kier molecular flexibility index (Phi) is 5.77. The van der Waals surface area contributed by atoms with Crippen LogP contribution in [-0.4, -0.2) is 60.5 Å². The van der Waals surface area contributed by atoms with Crippen LogP contribution in [0.25, 0.3) is 0 Å². The first kappa shape index (κ1) is 16.6. The van der Waals surface area contributed by atoms with E-state index in [0.29, 0.717) is 6.54 Å². The Balaban J connectivity index is 1.58. The van der Waals surface area contributed by atoms with Crippen molar-refractivity contribution in [3.05, 3.63) is 39.0 Å². The van der Waals surface area contributed by atoms with Crippen molar-refractivity contribution in [2.24, 2.45) is 0 Å². The van der Waals surface area contributed by atoms with Gasteiger partial charge in [0.2, 0.25) is 5.91 Å². The van der Waals surface area contributed by atoms with E-state index < -0.39 is 0 Å². The Bertz CT molecular complexity index is 592. The lowest BCUT2D eigenvalue weighted by molar-refractivity contribution is -0.123. The van der Waals surface area contributed by atoms with Crippen LogP contribution in [0.3, 0.4) is 0 Å². The number of likely N-dealkylation sites (N-methyl/N-ethyl adjacent to an activating group) is 1.